The predicted molar refractivity (Wildman–Crippen MR) is 90.0 cm³/mol. The van der Waals surface area contributed by atoms with Crippen LogP contribution in [0.3, 0.4) is 0 Å². The van der Waals surface area contributed by atoms with Gasteiger partial charge in [0, 0.05) is 30.1 Å². The number of halogens is 4. The van der Waals surface area contributed by atoms with E-state index in [4.69, 9.17) is 21.9 Å². The molecule has 0 bridgehead atoms. The fourth-order valence-electron chi connectivity index (χ4n) is 3.16. The van der Waals surface area contributed by atoms with Crippen LogP contribution in [-0.4, -0.2) is 29.1 Å². The van der Waals surface area contributed by atoms with Gasteiger partial charge in [-0.15, -0.1) is 0 Å². The van der Waals surface area contributed by atoms with Crippen LogP contribution in [0, 0.1) is 6.92 Å². The first-order valence-electron chi connectivity index (χ1n) is 8.06. The third-order valence-electron chi connectivity index (χ3n) is 4.69. The second-order valence-corrected chi connectivity index (χ2v) is 6.72. The first-order chi connectivity index (χ1) is 12.2. The number of benzene rings is 1. The largest absolute Gasteiger partial charge is 0.417 e. The maximum absolute atomic E-state index is 12.8. The van der Waals surface area contributed by atoms with E-state index in [1.807, 2.05) is 6.92 Å². The van der Waals surface area contributed by atoms with Crippen LogP contribution in [0.1, 0.15) is 45.9 Å². The summed E-state index contributed by atoms with van der Waals surface area (Å²) in [5, 5.41) is 3.50. The molecule has 2 N–H and O–H groups in total. The molecule has 0 aliphatic carbocycles. The number of carbonyl (C=O) groups is 1. The molecule has 1 amide bonds. The molecule has 1 aromatic carbocycles. The lowest BCUT2D eigenvalue weighted by atomic mass is 9.91. The topological polar surface area (TPSA) is 72.4 Å². The van der Waals surface area contributed by atoms with Crippen molar-refractivity contribution in [2.24, 2.45) is 0 Å². The summed E-state index contributed by atoms with van der Waals surface area (Å²) in [7, 11) is 0. The molecule has 2 heterocycles. The fourth-order valence-corrected chi connectivity index (χ4v) is 3.45. The molecule has 1 saturated heterocycles. The number of nitrogen functional groups attached to an aromatic ring is 1. The summed E-state index contributed by atoms with van der Waals surface area (Å²) in [6.45, 7) is 2.77. The van der Waals surface area contributed by atoms with E-state index < -0.39 is 16.8 Å². The van der Waals surface area contributed by atoms with Gasteiger partial charge in [-0.3, -0.25) is 4.79 Å². The van der Waals surface area contributed by atoms with Gasteiger partial charge in [-0.2, -0.15) is 13.2 Å². The average molecular weight is 388 g/mol. The lowest BCUT2D eigenvalue weighted by Crippen LogP contribution is -2.38. The number of rotatable bonds is 2. The Morgan fingerprint density at radius 1 is 1.35 bits per heavy atom. The first kappa shape index (κ1) is 18.6. The van der Waals surface area contributed by atoms with Crippen LogP contribution in [0.5, 0.6) is 0 Å². The van der Waals surface area contributed by atoms with Gasteiger partial charge in [0.15, 0.2) is 0 Å². The molecule has 0 saturated carbocycles. The minimum absolute atomic E-state index is 0.135. The van der Waals surface area contributed by atoms with Crippen LogP contribution in [0.25, 0.3) is 0 Å². The van der Waals surface area contributed by atoms with Crippen LogP contribution >= 0.6 is 11.6 Å². The van der Waals surface area contributed by atoms with Gasteiger partial charge in [0.2, 0.25) is 5.88 Å². The van der Waals surface area contributed by atoms with E-state index in [9.17, 15) is 18.0 Å². The van der Waals surface area contributed by atoms with Crippen LogP contribution in [0.4, 0.5) is 19.1 Å². The molecule has 3 rings (SSSR count). The van der Waals surface area contributed by atoms with E-state index in [1.165, 1.54) is 0 Å². The summed E-state index contributed by atoms with van der Waals surface area (Å²) in [5.41, 5.74) is 6.47. The van der Waals surface area contributed by atoms with Gasteiger partial charge in [0.1, 0.15) is 0 Å². The highest BCUT2D eigenvalue weighted by molar-refractivity contribution is 6.31. The number of nitrogens with two attached hydrogens (primary N) is 1. The Balaban J connectivity index is 1.69. The van der Waals surface area contributed by atoms with Crippen LogP contribution in [-0.2, 0) is 6.18 Å². The number of alkyl halides is 3. The molecule has 0 unspecified atom stereocenters. The van der Waals surface area contributed by atoms with Crippen molar-refractivity contribution in [2.45, 2.75) is 31.9 Å². The maximum atomic E-state index is 12.8. The highest BCUT2D eigenvalue weighted by Crippen LogP contribution is 2.36. The summed E-state index contributed by atoms with van der Waals surface area (Å²) < 4.78 is 43.3. The number of piperidine rings is 1. The molecule has 0 radical (unpaired) electrons. The van der Waals surface area contributed by atoms with E-state index >= 15 is 0 Å². The van der Waals surface area contributed by atoms with E-state index in [0.717, 1.165) is 29.5 Å². The van der Waals surface area contributed by atoms with Gasteiger partial charge >= 0.3 is 6.18 Å². The Bertz CT molecular complexity index is 827. The smallest absolute Gasteiger partial charge is 0.367 e. The maximum Gasteiger partial charge on any atom is 0.417 e. The molecule has 0 spiro atoms. The molecule has 1 fully saturated rings. The van der Waals surface area contributed by atoms with Gasteiger partial charge in [0.05, 0.1) is 16.3 Å². The number of nitrogens with zero attached hydrogens (tertiary/aromatic N) is 2. The quantitative estimate of drug-likeness (QED) is 0.835. The Kier molecular flexibility index (Phi) is 4.88. The molecular formula is C17H17ClF3N3O2. The predicted octanol–water partition coefficient (Wildman–Crippen LogP) is 4.26. The van der Waals surface area contributed by atoms with Crippen molar-refractivity contribution in [2.75, 3.05) is 18.8 Å². The number of aromatic nitrogens is 1. The minimum atomic E-state index is -4.55. The Morgan fingerprint density at radius 2 is 2.00 bits per heavy atom. The molecule has 26 heavy (non-hydrogen) atoms. The first-order valence-corrected chi connectivity index (χ1v) is 8.44. The molecule has 0 atom stereocenters. The molecule has 9 heteroatoms. The Morgan fingerprint density at radius 3 is 2.50 bits per heavy atom. The summed E-state index contributed by atoms with van der Waals surface area (Å²) in [6.07, 6.45) is -3.20. The van der Waals surface area contributed by atoms with Crippen molar-refractivity contribution in [1.29, 1.82) is 0 Å². The number of hydrogen-bond donors (Lipinski definition) is 1. The van der Waals surface area contributed by atoms with E-state index in [1.54, 1.807) is 4.90 Å². The van der Waals surface area contributed by atoms with Gasteiger partial charge in [-0.1, -0.05) is 16.8 Å². The lowest BCUT2D eigenvalue weighted by Gasteiger charge is -2.31. The Labute approximate surface area is 152 Å². The van der Waals surface area contributed by atoms with Gasteiger partial charge in [-0.05, 0) is 38.0 Å². The van der Waals surface area contributed by atoms with Crippen molar-refractivity contribution in [3.8, 4) is 0 Å². The number of likely N-dealkylation sites (tertiary alicyclic amines) is 1. The normalized spacial score (nSPS) is 16.1. The SMILES string of the molecule is Cc1c(C2CCN(C(=O)c3ccc(C(F)(F)F)c(Cl)c3)CC2)noc1N. The highest BCUT2D eigenvalue weighted by Gasteiger charge is 2.34. The third-order valence-corrected chi connectivity index (χ3v) is 5.00. The summed E-state index contributed by atoms with van der Waals surface area (Å²) in [5.74, 6) is 0.0876. The van der Waals surface area contributed by atoms with Crippen molar-refractivity contribution in [3.05, 3.63) is 45.6 Å². The fraction of sp³-hybridized carbons (Fsp3) is 0.412. The average Bonchev–Trinajstić information content (AvgIpc) is 2.92. The molecule has 140 valence electrons. The van der Waals surface area contributed by atoms with Gasteiger partial charge in [0.25, 0.3) is 5.91 Å². The second-order valence-electron chi connectivity index (χ2n) is 6.32. The summed E-state index contributed by atoms with van der Waals surface area (Å²) >= 11 is 5.70. The van der Waals surface area contributed by atoms with Crippen LogP contribution in [0.2, 0.25) is 5.02 Å². The second kappa shape index (κ2) is 6.83. The zero-order valence-electron chi connectivity index (χ0n) is 13.9. The van der Waals surface area contributed by atoms with E-state index in [0.29, 0.717) is 25.9 Å². The van der Waals surface area contributed by atoms with Gasteiger partial charge in [-0.25, -0.2) is 0 Å². The zero-order valence-corrected chi connectivity index (χ0v) is 14.7. The molecule has 5 nitrogen and oxygen atoms in total. The van der Waals surface area contributed by atoms with Crippen molar-refractivity contribution >= 4 is 23.4 Å². The molecular weight excluding hydrogens is 371 g/mol. The number of carbonyl (C=O) groups excluding carboxylic acids is 1. The Hall–Kier alpha value is -2.22. The molecule has 1 aromatic heterocycles. The standard InChI is InChI=1S/C17H17ClF3N3O2/c1-9-14(23-26-15(9)22)10-4-6-24(7-5-10)16(25)11-2-3-12(13(18)8-11)17(19,20)21/h2-3,8,10H,4-7,22H2,1H3. The number of anilines is 1. The van der Waals surface area contributed by atoms with E-state index in [2.05, 4.69) is 5.16 Å². The molecule has 2 aromatic rings. The zero-order chi connectivity index (χ0) is 19.1. The summed E-state index contributed by atoms with van der Waals surface area (Å²) in [6, 6.07) is 3.07. The van der Waals surface area contributed by atoms with Crippen molar-refractivity contribution in [3.63, 3.8) is 0 Å². The molecule has 1 aliphatic rings. The van der Waals surface area contributed by atoms with Crippen molar-refractivity contribution in [1.82, 2.24) is 10.1 Å². The van der Waals surface area contributed by atoms with Crippen LogP contribution < -0.4 is 5.73 Å². The number of amides is 1. The monoisotopic (exact) mass is 387 g/mol. The molecule has 1 aliphatic heterocycles. The summed E-state index contributed by atoms with van der Waals surface area (Å²) in [4.78, 5) is 14.2. The van der Waals surface area contributed by atoms with Gasteiger partial charge < -0.3 is 15.2 Å². The lowest BCUT2D eigenvalue weighted by molar-refractivity contribution is -0.137. The minimum Gasteiger partial charge on any atom is -0.367 e. The van der Waals surface area contributed by atoms with Crippen molar-refractivity contribution < 1.29 is 22.5 Å². The number of hydrogen-bond acceptors (Lipinski definition) is 4. The highest BCUT2D eigenvalue weighted by atomic mass is 35.5. The third kappa shape index (κ3) is 3.51. The van der Waals surface area contributed by atoms with E-state index in [-0.39, 0.29) is 23.3 Å². The van der Waals surface area contributed by atoms with Crippen LogP contribution in [0.15, 0.2) is 22.7 Å².